The summed E-state index contributed by atoms with van der Waals surface area (Å²) in [6, 6.07) is 9.94. The van der Waals surface area contributed by atoms with Crippen LogP contribution in [0.25, 0.3) is 0 Å². The second-order valence-corrected chi connectivity index (χ2v) is 6.65. The molecule has 0 saturated carbocycles. The number of aryl methyl sites for hydroxylation is 1. The van der Waals surface area contributed by atoms with Crippen LogP contribution in [0.4, 0.5) is 0 Å². The maximum Gasteiger partial charge on any atom is 0.0499 e. The Bertz CT molecular complexity index is 446. The lowest BCUT2D eigenvalue weighted by Crippen LogP contribution is -2.50. The topological polar surface area (TPSA) is 32.5 Å². The third kappa shape index (κ3) is 4.06. The number of likely N-dealkylation sites (tertiary alicyclic amines) is 1. The van der Waals surface area contributed by atoms with Gasteiger partial charge in [-0.25, -0.2) is 0 Å². The summed E-state index contributed by atoms with van der Waals surface area (Å²) < 4.78 is 0. The average Bonchev–Trinajstić information content (AvgIpc) is 2.47. The van der Waals surface area contributed by atoms with E-state index in [4.69, 9.17) is 5.73 Å². The Morgan fingerprint density at radius 1 is 1.43 bits per heavy atom. The summed E-state index contributed by atoms with van der Waals surface area (Å²) in [5, 5.41) is 0. The molecule has 1 aromatic rings. The summed E-state index contributed by atoms with van der Waals surface area (Å²) in [6.07, 6.45) is 3.57. The molecule has 1 aliphatic heterocycles. The maximum absolute atomic E-state index is 6.49. The molecular formula is C18H31N3. The van der Waals surface area contributed by atoms with Crippen molar-refractivity contribution in [2.45, 2.75) is 51.2 Å². The zero-order valence-corrected chi connectivity index (χ0v) is 14.0. The van der Waals surface area contributed by atoms with Crippen molar-refractivity contribution in [3.8, 4) is 0 Å². The van der Waals surface area contributed by atoms with Gasteiger partial charge in [-0.15, -0.1) is 0 Å². The molecule has 21 heavy (non-hydrogen) atoms. The molecule has 3 atom stereocenters. The number of benzene rings is 1. The van der Waals surface area contributed by atoms with Crippen LogP contribution in [0.1, 0.15) is 43.4 Å². The lowest BCUT2D eigenvalue weighted by Gasteiger charge is -2.42. The molecule has 118 valence electrons. The quantitative estimate of drug-likeness (QED) is 0.904. The molecule has 3 nitrogen and oxygen atoms in total. The standard InChI is InChI=1S/C18H31N3/c1-5-17(19)18(15-9-6-8-14(2)12-15)21(4)16-10-7-11-20(3)13-16/h6,8-9,12,16-18H,5,7,10-11,13,19H2,1-4H3. The van der Waals surface area contributed by atoms with Crippen molar-refractivity contribution in [1.29, 1.82) is 0 Å². The van der Waals surface area contributed by atoms with Gasteiger partial charge >= 0.3 is 0 Å². The van der Waals surface area contributed by atoms with Gasteiger partial charge in [0.1, 0.15) is 0 Å². The molecule has 3 heteroatoms. The van der Waals surface area contributed by atoms with Crippen LogP contribution in [-0.2, 0) is 0 Å². The fourth-order valence-corrected chi connectivity index (χ4v) is 3.56. The van der Waals surface area contributed by atoms with Crippen LogP contribution in [0.2, 0.25) is 0 Å². The zero-order valence-electron chi connectivity index (χ0n) is 14.0. The van der Waals surface area contributed by atoms with Gasteiger partial charge in [-0.1, -0.05) is 36.8 Å². The van der Waals surface area contributed by atoms with Gasteiger partial charge in [0.25, 0.3) is 0 Å². The minimum atomic E-state index is 0.184. The summed E-state index contributed by atoms with van der Waals surface area (Å²) in [5.74, 6) is 0. The van der Waals surface area contributed by atoms with E-state index >= 15 is 0 Å². The van der Waals surface area contributed by atoms with Gasteiger partial charge in [0.2, 0.25) is 0 Å². The highest BCUT2D eigenvalue weighted by Crippen LogP contribution is 2.29. The number of nitrogens with zero attached hydrogens (tertiary/aromatic N) is 2. The highest BCUT2D eigenvalue weighted by atomic mass is 15.2. The first-order valence-electron chi connectivity index (χ1n) is 8.25. The Hall–Kier alpha value is -0.900. The molecule has 1 aromatic carbocycles. The summed E-state index contributed by atoms with van der Waals surface area (Å²) >= 11 is 0. The van der Waals surface area contributed by atoms with Crippen LogP contribution >= 0.6 is 0 Å². The predicted molar refractivity (Wildman–Crippen MR) is 90.5 cm³/mol. The average molecular weight is 289 g/mol. The van der Waals surface area contributed by atoms with E-state index in [1.165, 1.54) is 30.5 Å². The van der Waals surface area contributed by atoms with Crippen LogP contribution in [-0.4, -0.2) is 49.1 Å². The Labute approximate surface area is 130 Å². The molecule has 1 saturated heterocycles. The van der Waals surface area contributed by atoms with E-state index in [0.29, 0.717) is 12.1 Å². The maximum atomic E-state index is 6.49. The Kier molecular flexibility index (Phi) is 5.80. The van der Waals surface area contributed by atoms with Crippen molar-refractivity contribution < 1.29 is 0 Å². The van der Waals surface area contributed by atoms with Crippen LogP contribution in [0.5, 0.6) is 0 Å². The summed E-state index contributed by atoms with van der Waals surface area (Å²) in [4.78, 5) is 4.97. The molecule has 0 aliphatic carbocycles. The third-order valence-corrected chi connectivity index (χ3v) is 4.87. The smallest absolute Gasteiger partial charge is 0.0499 e. The summed E-state index contributed by atoms with van der Waals surface area (Å²) in [6.45, 7) is 6.72. The van der Waals surface area contributed by atoms with E-state index in [-0.39, 0.29) is 6.04 Å². The van der Waals surface area contributed by atoms with Crippen molar-refractivity contribution in [3.05, 3.63) is 35.4 Å². The second-order valence-electron chi connectivity index (χ2n) is 6.65. The fraction of sp³-hybridized carbons (Fsp3) is 0.667. The van der Waals surface area contributed by atoms with Crippen molar-refractivity contribution in [2.75, 3.05) is 27.2 Å². The van der Waals surface area contributed by atoms with Gasteiger partial charge in [0.05, 0.1) is 0 Å². The minimum Gasteiger partial charge on any atom is -0.326 e. The molecule has 1 fully saturated rings. The van der Waals surface area contributed by atoms with Crippen LogP contribution < -0.4 is 5.73 Å². The van der Waals surface area contributed by atoms with Crippen molar-refractivity contribution in [2.24, 2.45) is 5.73 Å². The van der Waals surface area contributed by atoms with E-state index in [1.54, 1.807) is 0 Å². The lowest BCUT2D eigenvalue weighted by atomic mass is 9.92. The summed E-state index contributed by atoms with van der Waals surface area (Å²) in [5.41, 5.74) is 9.16. The first kappa shape index (κ1) is 16.5. The number of likely N-dealkylation sites (N-methyl/N-ethyl adjacent to an activating group) is 2. The summed E-state index contributed by atoms with van der Waals surface area (Å²) in [7, 11) is 4.48. The second kappa shape index (κ2) is 7.39. The van der Waals surface area contributed by atoms with Crippen molar-refractivity contribution in [3.63, 3.8) is 0 Å². The van der Waals surface area contributed by atoms with Gasteiger partial charge in [0.15, 0.2) is 0 Å². The molecule has 0 spiro atoms. The number of hydrogen-bond donors (Lipinski definition) is 1. The molecule has 0 radical (unpaired) electrons. The molecule has 0 aromatic heterocycles. The number of piperidine rings is 1. The van der Waals surface area contributed by atoms with Crippen LogP contribution in [0, 0.1) is 6.92 Å². The van der Waals surface area contributed by atoms with Gasteiger partial charge in [-0.05, 0) is 52.4 Å². The molecule has 1 aliphatic rings. The van der Waals surface area contributed by atoms with Gasteiger partial charge in [0, 0.05) is 24.7 Å². The van der Waals surface area contributed by atoms with E-state index in [1.807, 2.05) is 0 Å². The monoisotopic (exact) mass is 289 g/mol. The fourth-order valence-electron chi connectivity index (χ4n) is 3.56. The van der Waals surface area contributed by atoms with Gasteiger partial charge in [-0.3, -0.25) is 4.90 Å². The molecule has 1 heterocycles. The normalized spacial score (nSPS) is 23.2. The van der Waals surface area contributed by atoms with E-state index in [9.17, 15) is 0 Å². The number of hydrogen-bond acceptors (Lipinski definition) is 3. The number of nitrogens with two attached hydrogens (primary N) is 1. The molecule has 0 amide bonds. The highest BCUT2D eigenvalue weighted by molar-refractivity contribution is 5.26. The minimum absolute atomic E-state index is 0.184. The molecular weight excluding hydrogens is 258 g/mol. The lowest BCUT2D eigenvalue weighted by molar-refractivity contribution is 0.0860. The Morgan fingerprint density at radius 3 is 2.81 bits per heavy atom. The van der Waals surface area contributed by atoms with Crippen LogP contribution in [0.3, 0.4) is 0 Å². The van der Waals surface area contributed by atoms with E-state index in [0.717, 1.165) is 13.0 Å². The molecule has 2 N–H and O–H groups in total. The van der Waals surface area contributed by atoms with Crippen molar-refractivity contribution >= 4 is 0 Å². The molecule has 3 unspecified atom stereocenters. The SMILES string of the molecule is CCC(N)C(c1cccc(C)c1)N(C)C1CCCN(C)C1. The third-order valence-electron chi connectivity index (χ3n) is 4.87. The van der Waals surface area contributed by atoms with Crippen molar-refractivity contribution in [1.82, 2.24) is 9.80 Å². The molecule has 2 rings (SSSR count). The zero-order chi connectivity index (χ0) is 15.4. The van der Waals surface area contributed by atoms with E-state index in [2.05, 4.69) is 62.0 Å². The van der Waals surface area contributed by atoms with E-state index < -0.39 is 0 Å². The van der Waals surface area contributed by atoms with Gasteiger partial charge < -0.3 is 10.6 Å². The Balaban J connectivity index is 2.23. The first-order valence-corrected chi connectivity index (χ1v) is 8.25. The predicted octanol–water partition coefficient (Wildman–Crippen LogP) is 2.80. The largest absolute Gasteiger partial charge is 0.326 e. The first-order chi connectivity index (χ1) is 10.0. The highest BCUT2D eigenvalue weighted by Gasteiger charge is 2.30. The Morgan fingerprint density at radius 2 is 2.19 bits per heavy atom. The molecule has 0 bridgehead atoms. The number of rotatable bonds is 5. The van der Waals surface area contributed by atoms with Gasteiger partial charge in [-0.2, -0.15) is 0 Å². The van der Waals surface area contributed by atoms with Crippen LogP contribution in [0.15, 0.2) is 24.3 Å².